The van der Waals surface area contributed by atoms with E-state index in [1.54, 1.807) is 6.07 Å². The summed E-state index contributed by atoms with van der Waals surface area (Å²) in [5.41, 5.74) is 9.88. The van der Waals surface area contributed by atoms with E-state index in [1.165, 1.54) is 17.1 Å². The van der Waals surface area contributed by atoms with Crippen LogP contribution in [0.5, 0.6) is 0 Å². The molecule has 9 atom stereocenters. The highest BCUT2D eigenvalue weighted by molar-refractivity contribution is 7.53. The number of fused-ring (bicyclic) bond motifs is 2. The van der Waals surface area contributed by atoms with Crippen molar-refractivity contribution in [3.05, 3.63) is 35.3 Å². The molecule has 0 amide bonds. The molecular formula is C21H26N9O10P. The summed E-state index contributed by atoms with van der Waals surface area (Å²) in [6.07, 6.45) is -6.16. The van der Waals surface area contributed by atoms with E-state index in [-0.39, 0.29) is 22.8 Å². The Balaban J connectivity index is 1.25. The second-order valence-electron chi connectivity index (χ2n) is 9.63. The summed E-state index contributed by atoms with van der Waals surface area (Å²) in [6, 6.07) is 1.54. The van der Waals surface area contributed by atoms with Crippen molar-refractivity contribution in [3.8, 4) is 0 Å². The van der Waals surface area contributed by atoms with Crippen molar-refractivity contribution < 1.29 is 43.9 Å². The molecule has 2 fully saturated rings. The Kier molecular flexibility index (Phi) is 6.80. The fourth-order valence-corrected chi connectivity index (χ4v) is 6.74. The fourth-order valence-electron chi connectivity index (χ4n) is 5.10. The summed E-state index contributed by atoms with van der Waals surface area (Å²) in [4.78, 5) is 41.8. The summed E-state index contributed by atoms with van der Waals surface area (Å²) in [5, 5.41) is 41.8. The topological polar surface area (TPSA) is 292 Å². The molecule has 2 unspecified atom stereocenters. The van der Waals surface area contributed by atoms with E-state index in [1.807, 2.05) is 0 Å². The van der Waals surface area contributed by atoms with Crippen molar-refractivity contribution >= 4 is 41.6 Å². The number of imidazole rings is 2. The first kappa shape index (κ1) is 27.6. The number of hydrogen-bond acceptors (Lipinski definition) is 15. The van der Waals surface area contributed by atoms with Gasteiger partial charge in [0.15, 0.2) is 29.3 Å². The third-order valence-corrected chi connectivity index (χ3v) is 8.98. The highest BCUT2D eigenvalue weighted by atomic mass is 31.2. The number of nitrogens with zero attached hydrogens (tertiary/aromatic N) is 6. The molecule has 19 nitrogen and oxygen atoms in total. The van der Waals surface area contributed by atoms with E-state index >= 15 is 0 Å². The van der Waals surface area contributed by atoms with Gasteiger partial charge in [0.1, 0.15) is 41.7 Å². The maximum absolute atomic E-state index is 13.6. The van der Waals surface area contributed by atoms with Crippen molar-refractivity contribution in [1.29, 1.82) is 0 Å². The molecular weight excluding hydrogens is 569 g/mol. The van der Waals surface area contributed by atoms with Crippen LogP contribution in [0.1, 0.15) is 12.5 Å². The van der Waals surface area contributed by atoms with Gasteiger partial charge in [-0.15, -0.1) is 0 Å². The smallest absolute Gasteiger partial charge is 0.338 e. The highest BCUT2D eigenvalue weighted by Gasteiger charge is 2.55. The molecule has 0 aliphatic carbocycles. The first-order valence-corrected chi connectivity index (χ1v) is 13.9. The third kappa shape index (κ3) is 4.47. The van der Waals surface area contributed by atoms with E-state index in [0.29, 0.717) is 11.2 Å². The molecule has 4 aromatic rings. The van der Waals surface area contributed by atoms with Crippen molar-refractivity contribution in [2.75, 3.05) is 24.7 Å². The van der Waals surface area contributed by atoms with Gasteiger partial charge in [0.2, 0.25) is 5.95 Å². The number of H-pyrrole nitrogens is 1. The van der Waals surface area contributed by atoms with Gasteiger partial charge >= 0.3 is 7.60 Å². The number of nitrogens with one attached hydrogen (secondary N) is 1. The summed E-state index contributed by atoms with van der Waals surface area (Å²) in [5.74, 6) is -0.259. The minimum absolute atomic E-state index is 0.102. The number of nitrogens with two attached hydrogens (primary N) is 2. The van der Waals surface area contributed by atoms with Crippen LogP contribution >= 0.6 is 7.60 Å². The number of rotatable bonds is 7. The van der Waals surface area contributed by atoms with Gasteiger partial charge in [-0.2, -0.15) is 4.98 Å². The molecule has 2 saturated heterocycles. The summed E-state index contributed by atoms with van der Waals surface area (Å²) in [7, 11) is -4.87. The molecule has 6 heterocycles. The number of aliphatic hydroxyl groups is 4. The lowest BCUT2D eigenvalue weighted by Gasteiger charge is -2.27. The first-order valence-electron chi connectivity index (χ1n) is 12.2. The Morgan fingerprint density at radius 3 is 2.39 bits per heavy atom. The Bertz CT molecular complexity index is 1710. The predicted molar refractivity (Wildman–Crippen MR) is 137 cm³/mol. The normalized spacial score (nSPS) is 31.7. The molecule has 0 saturated carbocycles. The summed E-state index contributed by atoms with van der Waals surface area (Å²) in [6.45, 7) is -1.41. The van der Waals surface area contributed by atoms with Crippen molar-refractivity contribution in [2.45, 2.75) is 48.6 Å². The van der Waals surface area contributed by atoms with Crippen molar-refractivity contribution in [2.24, 2.45) is 0 Å². The minimum atomic E-state index is -4.87. The summed E-state index contributed by atoms with van der Waals surface area (Å²) >= 11 is 0. The summed E-state index contributed by atoms with van der Waals surface area (Å²) < 4.78 is 32.8. The maximum atomic E-state index is 13.6. The Labute approximate surface area is 228 Å². The molecule has 10 N–H and O–H groups in total. The Morgan fingerprint density at radius 2 is 1.66 bits per heavy atom. The predicted octanol–water partition coefficient (Wildman–Crippen LogP) is -2.83. The molecule has 220 valence electrons. The van der Waals surface area contributed by atoms with E-state index in [4.69, 9.17) is 25.5 Å². The van der Waals surface area contributed by atoms with Crippen LogP contribution in [0.15, 0.2) is 29.7 Å². The van der Waals surface area contributed by atoms with Crippen LogP contribution in [-0.4, -0.2) is 109 Å². The lowest BCUT2D eigenvalue weighted by atomic mass is 10.1. The van der Waals surface area contributed by atoms with Gasteiger partial charge in [0.25, 0.3) is 5.56 Å². The van der Waals surface area contributed by atoms with Gasteiger partial charge in [0, 0.05) is 6.20 Å². The van der Waals surface area contributed by atoms with Crippen LogP contribution in [0.25, 0.3) is 22.3 Å². The minimum Gasteiger partial charge on any atom is -0.397 e. The number of pyridine rings is 1. The highest BCUT2D eigenvalue weighted by Crippen LogP contribution is 2.57. The number of anilines is 2. The number of aromatic amines is 1. The second kappa shape index (κ2) is 10.1. The van der Waals surface area contributed by atoms with Gasteiger partial charge in [0.05, 0.1) is 31.6 Å². The zero-order valence-corrected chi connectivity index (χ0v) is 21.8. The molecule has 41 heavy (non-hydrogen) atoms. The molecule has 2 aliphatic heterocycles. The van der Waals surface area contributed by atoms with Gasteiger partial charge in [-0.05, 0) is 6.07 Å². The molecule has 6 rings (SSSR count). The first-order chi connectivity index (χ1) is 19.5. The van der Waals surface area contributed by atoms with Gasteiger partial charge < -0.3 is 50.8 Å². The zero-order chi connectivity index (χ0) is 29.2. The van der Waals surface area contributed by atoms with Crippen LogP contribution in [0.2, 0.25) is 0 Å². The van der Waals surface area contributed by atoms with Crippen molar-refractivity contribution in [1.82, 2.24) is 34.1 Å². The molecule has 4 aromatic heterocycles. The molecule has 0 spiro atoms. The second-order valence-corrected chi connectivity index (χ2v) is 11.6. The van der Waals surface area contributed by atoms with E-state index < -0.39 is 75.0 Å². The van der Waals surface area contributed by atoms with Crippen LogP contribution in [0.4, 0.5) is 11.6 Å². The van der Waals surface area contributed by atoms with Gasteiger partial charge in [-0.3, -0.25) is 23.5 Å². The number of hydrogen-bond donors (Lipinski definition) is 8. The average Bonchev–Trinajstić information content (AvgIpc) is 3.68. The number of nitrogen functional groups attached to an aromatic ring is 2. The molecule has 20 heteroatoms. The van der Waals surface area contributed by atoms with E-state index in [9.17, 15) is 34.7 Å². The van der Waals surface area contributed by atoms with Crippen LogP contribution in [-0.2, 0) is 18.6 Å². The number of ether oxygens (including phenoxy) is 2. The molecule has 0 aromatic carbocycles. The molecule has 0 radical (unpaired) electrons. The standard InChI is InChI=1S/C21H26N9O10P/c22-7-1-2-24-16-10(7)25-5-29(16)19-14(34)12(32)9(40-19)4-38-41(36,37)15-13(33)8(3-31)39-20(15)30-6-26-11-17(30)27-21(23)28-18(11)35/h1-2,5-6,8-9,12-15,19-20,31-34H,3-4H2,(H2,22,24)(H,36,37)(H3,23,27,28,35)/t8?,9-,12-,13-,14-,15-,19-,20-/m1/s1. The lowest BCUT2D eigenvalue weighted by Crippen LogP contribution is -2.36. The Morgan fingerprint density at radius 1 is 0.976 bits per heavy atom. The average molecular weight is 595 g/mol. The SMILES string of the molecule is Nc1nc2c(ncn2[C@@H]2OC(CO)[C@@H](O)[C@H]2P(=O)(O)OC[C@H]2O[C@@H](n3cnc4c(N)ccnc43)[C@H](O)[C@@H]2O)c(=O)[nH]1. The third-order valence-electron chi connectivity index (χ3n) is 7.15. The van der Waals surface area contributed by atoms with E-state index in [2.05, 4.69) is 24.9 Å². The number of aliphatic hydroxyl groups excluding tert-OH is 4. The lowest BCUT2D eigenvalue weighted by molar-refractivity contribution is -0.0496. The maximum Gasteiger partial charge on any atom is 0.338 e. The molecule has 0 bridgehead atoms. The van der Waals surface area contributed by atoms with Crippen molar-refractivity contribution in [3.63, 3.8) is 0 Å². The van der Waals surface area contributed by atoms with Crippen LogP contribution in [0, 0.1) is 0 Å². The zero-order valence-electron chi connectivity index (χ0n) is 20.9. The van der Waals surface area contributed by atoms with Crippen LogP contribution < -0.4 is 17.0 Å². The fraction of sp³-hybridized carbons (Fsp3) is 0.476. The number of aromatic nitrogens is 7. The van der Waals surface area contributed by atoms with E-state index in [0.717, 1.165) is 10.9 Å². The van der Waals surface area contributed by atoms with Gasteiger partial charge in [-0.1, -0.05) is 0 Å². The largest absolute Gasteiger partial charge is 0.397 e. The Hall–Kier alpha value is -3.52. The van der Waals surface area contributed by atoms with Gasteiger partial charge in [-0.25, -0.2) is 15.0 Å². The molecule has 2 aliphatic rings. The van der Waals surface area contributed by atoms with Crippen LogP contribution in [0.3, 0.4) is 0 Å². The quantitative estimate of drug-likeness (QED) is 0.0999. The monoisotopic (exact) mass is 595 g/mol.